The summed E-state index contributed by atoms with van der Waals surface area (Å²) in [6, 6.07) is 7.34. The molecule has 0 amide bonds. The predicted molar refractivity (Wildman–Crippen MR) is 167 cm³/mol. The van der Waals surface area contributed by atoms with Gasteiger partial charge in [0.05, 0.1) is 0 Å². The molecule has 0 aliphatic carbocycles. The van der Waals surface area contributed by atoms with Crippen LogP contribution >= 0.6 is 0 Å². The van der Waals surface area contributed by atoms with Gasteiger partial charge in [-0.1, -0.05) is 157 Å². The lowest BCUT2D eigenvalue weighted by atomic mass is 10.3. The molecule has 1 rings (SSSR count). The van der Waals surface area contributed by atoms with Crippen LogP contribution in [-0.2, 0) is 12.3 Å². The van der Waals surface area contributed by atoms with Gasteiger partial charge in [-0.3, -0.25) is 0 Å². The Morgan fingerprint density at radius 1 is 0.278 bits per heavy atom. The Labute approximate surface area is 231 Å². The minimum absolute atomic E-state index is 1.22. The van der Waals surface area contributed by atoms with Crippen molar-refractivity contribution in [2.24, 2.45) is 0 Å². The van der Waals surface area contributed by atoms with E-state index in [-0.39, 0.29) is 0 Å². The fourth-order valence-electron chi connectivity index (χ4n) is 5.93. The van der Waals surface area contributed by atoms with Crippen molar-refractivity contribution in [2.45, 2.75) is 193 Å². The van der Waals surface area contributed by atoms with Crippen molar-refractivity contribution in [3.8, 4) is 0 Å². The van der Waals surface area contributed by atoms with Crippen molar-refractivity contribution in [3.05, 3.63) is 0 Å². The number of rotatable bonds is 24. The van der Waals surface area contributed by atoms with E-state index in [9.17, 15) is 0 Å². The molecule has 0 aromatic rings. The molecule has 6 heteroatoms. The van der Waals surface area contributed by atoms with Gasteiger partial charge in [0, 0.05) is 0 Å². The van der Waals surface area contributed by atoms with Gasteiger partial charge >= 0.3 is 25.7 Å². The third-order valence-electron chi connectivity index (χ3n) is 8.08. The van der Waals surface area contributed by atoms with Crippen LogP contribution in [0.1, 0.15) is 157 Å². The Bertz CT molecular complexity index is 404. The maximum Gasteiger partial charge on any atom is 0.320 e. The van der Waals surface area contributed by atoms with E-state index < -0.39 is 25.7 Å². The fourth-order valence-corrected chi connectivity index (χ4v) is 26.1. The Hall–Kier alpha value is 0.531. The molecular weight excluding hydrogens is 493 g/mol. The maximum atomic E-state index is 7.58. The Morgan fingerprint density at radius 3 is 0.583 bits per heavy atom. The first-order chi connectivity index (χ1) is 17.5. The molecule has 0 N–H and O–H groups in total. The van der Waals surface area contributed by atoms with Crippen LogP contribution in [0.5, 0.6) is 0 Å². The van der Waals surface area contributed by atoms with Crippen molar-refractivity contribution in [3.63, 3.8) is 0 Å². The zero-order chi connectivity index (χ0) is 26.6. The third kappa shape index (κ3) is 13.1. The summed E-state index contributed by atoms with van der Waals surface area (Å²) < 4.78 is 22.8. The lowest BCUT2D eigenvalue weighted by molar-refractivity contribution is 0.201. The highest BCUT2D eigenvalue weighted by Gasteiger charge is 2.60. The number of unbranched alkanes of at least 4 members (excludes halogenated alkanes) is 12. The second-order valence-corrected chi connectivity index (χ2v) is 22.7. The van der Waals surface area contributed by atoms with Crippen LogP contribution < -0.4 is 0 Å². The number of hydrogen-bond donors (Lipinski definition) is 0. The summed E-state index contributed by atoms with van der Waals surface area (Å²) in [5, 5.41) is 0. The van der Waals surface area contributed by atoms with Crippen molar-refractivity contribution >= 4 is 25.7 Å². The van der Waals surface area contributed by atoms with E-state index in [1.165, 1.54) is 152 Å². The van der Waals surface area contributed by atoms with E-state index >= 15 is 0 Å². The van der Waals surface area contributed by atoms with E-state index in [2.05, 4.69) is 41.5 Å². The molecule has 216 valence electrons. The minimum Gasteiger partial charge on any atom is -0.415 e. The molecule has 1 aliphatic heterocycles. The summed E-state index contributed by atoms with van der Waals surface area (Å²) in [4.78, 5) is 0. The van der Waals surface area contributed by atoms with Gasteiger partial charge in [-0.25, -0.2) is 0 Å². The van der Waals surface area contributed by atoms with E-state index in [0.717, 1.165) is 0 Å². The van der Waals surface area contributed by atoms with Crippen LogP contribution in [-0.4, -0.2) is 25.7 Å². The van der Waals surface area contributed by atoms with Crippen LogP contribution in [0, 0.1) is 0 Å². The first-order valence-electron chi connectivity index (χ1n) is 16.6. The van der Waals surface area contributed by atoms with Gasteiger partial charge in [0.25, 0.3) is 0 Å². The van der Waals surface area contributed by atoms with Gasteiger partial charge in [0.15, 0.2) is 0 Å². The van der Waals surface area contributed by atoms with E-state index in [0.29, 0.717) is 0 Å². The molecule has 0 saturated carbocycles. The summed E-state index contributed by atoms with van der Waals surface area (Å²) in [5.74, 6) is 0. The summed E-state index contributed by atoms with van der Waals surface area (Å²) in [6.45, 7) is 14.0. The van der Waals surface area contributed by atoms with Crippen LogP contribution in [0.3, 0.4) is 0 Å². The highest BCUT2D eigenvalue weighted by atomic mass is 28.5. The molecule has 1 heterocycles. The van der Waals surface area contributed by atoms with Gasteiger partial charge in [0.2, 0.25) is 0 Å². The third-order valence-corrected chi connectivity index (χ3v) is 23.7. The van der Waals surface area contributed by atoms with Crippen LogP contribution in [0.25, 0.3) is 0 Å². The highest BCUT2D eigenvalue weighted by Crippen LogP contribution is 2.45. The second kappa shape index (κ2) is 20.4. The molecule has 0 bridgehead atoms. The quantitative estimate of drug-likeness (QED) is 0.0870. The molecule has 1 saturated heterocycles. The molecule has 0 spiro atoms. The summed E-state index contributed by atoms with van der Waals surface area (Å²) in [6.07, 6.45) is 23.3. The molecular formula is C30H66O3Si3. The molecule has 0 unspecified atom stereocenters. The first-order valence-corrected chi connectivity index (χ1v) is 23.3. The second-order valence-electron chi connectivity index (χ2n) is 11.8. The summed E-state index contributed by atoms with van der Waals surface area (Å²) >= 11 is 0. The molecule has 0 atom stereocenters. The highest BCUT2D eigenvalue weighted by molar-refractivity contribution is 6.94. The minimum atomic E-state index is -2.27. The number of hydrogen-bond acceptors (Lipinski definition) is 3. The molecule has 1 fully saturated rings. The average molecular weight is 559 g/mol. The maximum absolute atomic E-state index is 7.58. The Morgan fingerprint density at radius 2 is 0.444 bits per heavy atom. The normalized spacial score (nSPS) is 18.5. The average Bonchev–Trinajstić information content (AvgIpc) is 2.85. The standard InChI is InChI=1S/C30H66O3Si3/c1-7-13-19-25-34(26-20-14-8-2)31-35(27-21-15-9-3,28-22-16-10-4)33-36(32-34,29-23-17-11-5)30-24-18-12-6/h7-30H2,1-6H3. The molecule has 0 aromatic carbocycles. The monoisotopic (exact) mass is 558 g/mol. The van der Waals surface area contributed by atoms with Crippen LogP contribution in [0.2, 0.25) is 36.3 Å². The van der Waals surface area contributed by atoms with Gasteiger partial charge in [-0.05, 0) is 36.3 Å². The van der Waals surface area contributed by atoms with E-state index in [1.807, 2.05) is 0 Å². The Balaban J connectivity index is 3.44. The van der Waals surface area contributed by atoms with Crippen LogP contribution in [0.4, 0.5) is 0 Å². The summed E-state index contributed by atoms with van der Waals surface area (Å²) in [7, 11) is -6.81. The molecule has 0 aromatic heterocycles. The molecule has 36 heavy (non-hydrogen) atoms. The molecule has 0 radical (unpaired) electrons. The van der Waals surface area contributed by atoms with Gasteiger partial charge < -0.3 is 12.3 Å². The van der Waals surface area contributed by atoms with Gasteiger partial charge in [-0.2, -0.15) is 0 Å². The Kier molecular flexibility index (Phi) is 19.6. The first kappa shape index (κ1) is 34.6. The zero-order valence-electron chi connectivity index (χ0n) is 25.7. The molecule has 1 aliphatic rings. The topological polar surface area (TPSA) is 27.7 Å². The van der Waals surface area contributed by atoms with E-state index in [1.54, 1.807) is 0 Å². The van der Waals surface area contributed by atoms with Gasteiger partial charge in [-0.15, -0.1) is 0 Å². The largest absolute Gasteiger partial charge is 0.415 e. The van der Waals surface area contributed by atoms with Crippen molar-refractivity contribution in [2.75, 3.05) is 0 Å². The van der Waals surface area contributed by atoms with Crippen molar-refractivity contribution in [1.29, 1.82) is 0 Å². The SMILES string of the molecule is CCCCC[Si]1(CCCCC)O[Si](CCCCC)(CCCCC)O[Si](CCCCC)(CCCCC)O1. The lowest BCUT2D eigenvalue weighted by Crippen LogP contribution is -2.70. The van der Waals surface area contributed by atoms with Crippen molar-refractivity contribution in [1.82, 2.24) is 0 Å². The van der Waals surface area contributed by atoms with Gasteiger partial charge in [0.1, 0.15) is 0 Å². The predicted octanol–water partition coefficient (Wildman–Crippen LogP) is 11.5. The zero-order valence-corrected chi connectivity index (χ0v) is 28.7. The summed E-state index contributed by atoms with van der Waals surface area (Å²) in [5.41, 5.74) is 0. The molecule has 3 nitrogen and oxygen atoms in total. The van der Waals surface area contributed by atoms with E-state index in [4.69, 9.17) is 12.3 Å². The lowest BCUT2D eigenvalue weighted by Gasteiger charge is -2.54. The van der Waals surface area contributed by atoms with Crippen LogP contribution in [0.15, 0.2) is 0 Å². The fraction of sp³-hybridized carbons (Fsp3) is 1.00. The van der Waals surface area contributed by atoms with Crippen molar-refractivity contribution < 1.29 is 12.3 Å². The smallest absolute Gasteiger partial charge is 0.320 e.